The molecule has 2 heterocycles. The van der Waals surface area contributed by atoms with Gasteiger partial charge in [0, 0.05) is 17.8 Å². The zero-order valence-electron chi connectivity index (χ0n) is 16.4. The number of aryl methyl sites for hydroxylation is 1. The lowest BCUT2D eigenvalue weighted by molar-refractivity contribution is -0.385. The summed E-state index contributed by atoms with van der Waals surface area (Å²) in [7, 11) is 1.55. The third kappa shape index (κ3) is 4.40. The lowest BCUT2D eigenvalue weighted by atomic mass is 10.1. The number of carbonyl (C=O) groups excluding carboxylic acids is 1. The molecule has 0 N–H and O–H groups in total. The van der Waals surface area contributed by atoms with Crippen LogP contribution in [0.15, 0.2) is 42.9 Å². The van der Waals surface area contributed by atoms with E-state index in [0.717, 1.165) is 16.8 Å². The van der Waals surface area contributed by atoms with Gasteiger partial charge >= 0.3 is 5.69 Å². The van der Waals surface area contributed by atoms with E-state index in [1.165, 1.54) is 23.2 Å². The first-order valence-corrected chi connectivity index (χ1v) is 9.01. The smallest absolute Gasteiger partial charge is 0.307 e. The van der Waals surface area contributed by atoms with Crippen LogP contribution in [-0.2, 0) is 13.1 Å². The highest BCUT2D eigenvalue weighted by molar-refractivity contribution is 6.07. The Morgan fingerprint density at radius 1 is 1.31 bits per heavy atom. The summed E-state index contributed by atoms with van der Waals surface area (Å²) in [5, 5.41) is 19.0. The quantitative estimate of drug-likeness (QED) is 0.251. The predicted molar refractivity (Wildman–Crippen MR) is 107 cm³/mol. The van der Waals surface area contributed by atoms with Crippen molar-refractivity contribution < 1.29 is 14.5 Å². The minimum Gasteiger partial charge on any atom is -0.496 e. The van der Waals surface area contributed by atoms with E-state index in [2.05, 4.69) is 10.2 Å². The summed E-state index contributed by atoms with van der Waals surface area (Å²) < 4.78 is 8.62. The van der Waals surface area contributed by atoms with Gasteiger partial charge in [0.25, 0.3) is 0 Å². The average molecular weight is 395 g/mol. The molecule has 0 bridgehead atoms. The number of methoxy groups -OCH3 is 1. The Morgan fingerprint density at radius 3 is 2.72 bits per heavy atom. The topological polar surface area (TPSA) is 105 Å². The Kier molecular flexibility index (Phi) is 5.87. The van der Waals surface area contributed by atoms with Crippen molar-refractivity contribution in [2.24, 2.45) is 0 Å². The molecule has 0 spiro atoms. The van der Waals surface area contributed by atoms with E-state index in [-0.39, 0.29) is 11.5 Å². The number of allylic oxidation sites excluding steroid dienone is 1. The number of rotatable bonds is 8. The molecule has 0 saturated carbocycles. The van der Waals surface area contributed by atoms with Crippen molar-refractivity contribution in [1.29, 1.82) is 0 Å². The minimum absolute atomic E-state index is 0.0754. The molecule has 1 aromatic carbocycles. The molecule has 0 radical (unpaired) electrons. The fourth-order valence-electron chi connectivity index (χ4n) is 3.00. The summed E-state index contributed by atoms with van der Waals surface area (Å²) >= 11 is 0. The standard InChI is InChI=1S/C20H21N5O4/c1-4-24-14(2)18(11-22-24)19(26)7-5-15-6-8-20(29-3)16(9-15)12-23-13-17(10-21-23)25(27)28/h5-11,13H,4,12H2,1-3H3/b7-5+. The van der Waals surface area contributed by atoms with Gasteiger partial charge in [0.05, 0.1) is 30.3 Å². The number of hydrogen-bond donors (Lipinski definition) is 0. The van der Waals surface area contributed by atoms with Gasteiger partial charge in [-0.1, -0.05) is 12.1 Å². The van der Waals surface area contributed by atoms with Crippen LogP contribution in [0.4, 0.5) is 5.69 Å². The summed E-state index contributed by atoms with van der Waals surface area (Å²) in [4.78, 5) is 22.8. The van der Waals surface area contributed by atoms with Crippen molar-refractivity contribution in [3.63, 3.8) is 0 Å². The zero-order valence-corrected chi connectivity index (χ0v) is 16.4. The SMILES string of the molecule is CCn1ncc(C(=O)/C=C/c2ccc(OC)c(Cn3cc([N+](=O)[O-])cn3)c2)c1C. The van der Waals surface area contributed by atoms with Gasteiger partial charge in [-0.15, -0.1) is 0 Å². The number of benzene rings is 1. The normalized spacial score (nSPS) is 11.1. The Morgan fingerprint density at radius 2 is 2.10 bits per heavy atom. The van der Waals surface area contributed by atoms with Gasteiger partial charge in [0.1, 0.15) is 18.1 Å². The number of hydrogen-bond acceptors (Lipinski definition) is 6. The molecule has 9 nitrogen and oxygen atoms in total. The maximum Gasteiger partial charge on any atom is 0.307 e. The van der Waals surface area contributed by atoms with Crippen molar-refractivity contribution in [2.45, 2.75) is 26.9 Å². The van der Waals surface area contributed by atoms with Crippen molar-refractivity contribution in [3.05, 3.63) is 75.4 Å². The Labute approximate surface area is 167 Å². The molecule has 0 unspecified atom stereocenters. The van der Waals surface area contributed by atoms with Gasteiger partial charge in [-0.05, 0) is 37.6 Å². The molecule has 0 atom stereocenters. The number of ether oxygens (including phenoxy) is 1. The molecule has 2 aromatic heterocycles. The van der Waals surface area contributed by atoms with Crippen molar-refractivity contribution in [3.8, 4) is 5.75 Å². The number of nitro groups is 1. The Bertz CT molecular complexity index is 1080. The van der Waals surface area contributed by atoms with Crippen LogP contribution in [0.1, 0.15) is 34.1 Å². The predicted octanol–water partition coefficient (Wildman–Crippen LogP) is 3.27. The minimum atomic E-state index is -0.492. The van der Waals surface area contributed by atoms with Gasteiger partial charge in [0.2, 0.25) is 0 Å². The molecule has 0 amide bonds. The maximum absolute atomic E-state index is 12.5. The van der Waals surface area contributed by atoms with E-state index in [9.17, 15) is 14.9 Å². The number of carbonyl (C=O) groups is 1. The second kappa shape index (κ2) is 8.51. The van der Waals surface area contributed by atoms with Crippen LogP contribution >= 0.6 is 0 Å². The number of nitrogens with zero attached hydrogens (tertiary/aromatic N) is 5. The van der Waals surface area contributed by atoms with Gasteiger partial charge in [-0.3, -0.25) is 24.3 Å². The van der Waals surface area contributed by atoms with Crippen LogP contribution in [-0.4, -0.2) is 37.4 Å². The van der Waals surface area contributed by atoms with Gasteiger partial charge in [-0.25, -0.2) is 0 Å². The summed E-state index contributed by atoms with van der Waals surface area (Å²) in [5.41, 5.74) is 2.92. The summed E-state index contributed by atoms with van der Waals surface area (Å²) in [6, 6.07) is 5.48. The van der Waals surface area contributed by atoms with Crippen LogP contribution < -0.4 is 4.74 Å². The van der Waals surface area contributed by atoms with Crippen molar-refractivity contribution >= 4 is 17.5 Å². The molecule has 0 aliphatic rings. The highest BCUT2D eigenvalue weighted by Crippen LogP contribution is 2.22. The summed E-state index contributed by atoms with van der Waals surface area (Å²) in [6.45, 7) is 4.84. The third-order valence-electron chi connectivity index (χ3n) is 4.56. The molecule has 3 aromatic rings. The van der Waals surface area contributed by atoms with Crippen LogP contribution in [0.25, 0.3) is 6.08 Å². The molecule has 0 aliphatic carbocycles. The molecule has 0 saturated heterocycles. The van der Waals surface area contributed by atoms with E-state index >= 15 is 0 Å². The van der Waals surface area contributed by atoms with Crippen LogP contribution in [0.5, 0.6) is 5.75 Å². The highest BCUT2D eigenvalue weighted by Gasteiger charge is 2.13. The number of aromatic nitrogens is 4. The molecule has 150 valence electrons. The molecule has 0 fully saturated rings. The Balaban J connectivity index is 1.81. The second-order valence-corrected chi connectivity index (χ2v) is 6.38. The van der Waals surface area contributed by atoms with E-state index in [1.54, 1.807) is 30.1 Å². The van der Waals surface area contributed by atoms with Crippen molar-refractivity contribution in [1.82, 2.24) is 19.6 Å². The van der Waals surface area contributed by atoms with Crippen molar-refractivity contribution in [2.75, 3.05) is 7.11 Å². The van der Waals surface area contributed by atoms with Crippen LogP contribution in [0, 0.1) is 17.0 Å². The van der Waals surface area contributed by atoms with Gasteiger partial charge < -0.3 is 4.74 Å². The monoisotopic (exact) mass is 395 g/mol. The van der Waals surface area contributed by atoms with E-state index in [1.807, 2.05) is 26.0 Å². The molecular weight excluding hydrogens is 374 g/mol. The molecular formula is C20H21N5O4. The first kappa shape index (κ1) is 20.0. The van der Waals surface area contributed by atoms with E-state index in [4.69, 9.17) is 4.74 Å². The third-order valence-corrected chi connectivity index (χ3v) is 4.56. The zero-order chi connectivity index (χ0) is 21.0. The fourth-order valence-corrected chi connectivity index (χ4v) is 3.00. The lowest BCUT2D eigenvalue weighted by Crippen LogP contribution is -2.03. The molecule has 3 rings (SSSR count). The molecule has 29 heavy (non-hydrogen) atoms. The van der Waals surface area contributed by atoms with Crippen LogP contribution in [0.3, 0.4) is 0 Å². The first-order valence-electron chi connectivity index (χ1n) is 9.01. The van der Waals surface area contributed by atoms with Gasteiger partial charge in [-0.2, -0.15) is 10.2 Å². The molecule has 9 heteroatoms. The second-order valence-electron chi connectivity index (χ2n) is 6.38. The first-order chi connectivity index (χ1) is 13.9. The number of ketones is 1. The largest absolute Gasteiger partial charge is 0.496 e. The Hall–Kier alpha value is -3.75. The summed E-state index contributed by atoms with van der Waals surface area (Å²) in [5.74, 6) is 0.508. The summed E-state index contributed by atoms with van der Waals surface area (Å²) in [6.07, 6.45) is 7.37. The average Bonchev–Trinajstić information content (AvgIpc) is 3.33. The highest BCUT2D eigenvalue weighted by atomic mass is 16.6. The lowest BCUT2D eigenvalue weighted by Gasteiger charge is -2.09. The molecule has 0 aliphatic heterocycles. The fraction of sp³-hybridized carbons (Fsp3) is 0.250. The van der Waals surface area contributed by atoms with Gasteiger partial charge in [0.15, 0.2) is 5.78 Å². The van der Waals surface area contributed by atoms with E-state index < -0.39 is 4.92 Å². The maximum atomic E-state index is 12.5. The van der Waals surface area contributed by atoms with Crippen LogP contribution in [0.2, 0.25) is 0 Å². The van der Waals surface area contributed by atoms with E-state index in [0.29, 0.717) is 24.4 Å².